The van der Waals surface area contributed by atoms with Crippen LogP contribution in [0.5, 0.6) is 0 Å². The molecular weight excluding hydrogens is 108 g/mol. The Kier molecular flexibility index (Phi) is 1.17. The van der Waals surface area contributed by atoms with Crippen LogP contribution in [0, 0.1) is 6.58 Å². The minimum absolute atomic E-state index is 0.741. The van der Waals surface area contributed by atoms with E-state index in [9.17, 15) is 0 Å². The highest BCUT2D eigenvalue weighted by atomic mass is 32.1. The molecule has 0 amide bonds. The van der Waals surface area contributed by atoms with Crippen LogP contribution in [0.2, 0.25) is 0 Å². The van der Waals surface area contributed by atoms with E-state index in [1.54, 1.807) is 5.38 Å². The van der Waals surface area contributed by atoms with Crippen LogP contribution >= 0.6 is 11.5 Å². The highest BCUT2D eigenvalue weighted by Crippen LogP contribution is 1.95. The second-order valence-corrected chi connectivity index (χ2v) is 1.61. The van der Waals surface area contributed by atoms with Crippen molar-refractivity contribution in [3.8, 4) is 0 Å². The zero-order valence-electron chi connectivity index (χ0n) is 3.53. The molecular formula is C4H3N2S. The van der Waals surface area contributed by atoms with Crippen molar-refractivity contribution in [3.63, 3.8) is 0 Å². The molecule has 0 saturated carbocycles. The van der Waals surface area contributed by atoms with E-state index in [0.29, 0.717) is 0 Å². The molecule has 0 aliphatic rings. The van der Waals surface area contributed by atoms with Crippen molar-refractivity contribution in [2.45, 2.75) is 0 Å². The van der Waals surface area contributed by atoms with Crippen LogP contribution in [-0.4, -0.2) is 9.59 Å². The Morgan fingerprint density at radius 3 is 3.00 bits per heavy atom. The summed E-state index contributed by atoms with van der Waals surface area (Å²) in [6, 6.07) is 0. The standard InChI is InChI=1S/C4H3N2S/c1-2-4-3-7-6-5-4/h1-3H. The van der Waals surface area contributed by atoms with Crippen molar-refractivity contribution in [2.24, 2.45) is 0 Å². The summed E-state index contributed by atoms with van der Waals surface area (Å²) >= 11 is 1.29. The SMILES string of the molecule is [CH]=Cc1csnn1. The van der Waals surface area contributed by atoms with Crippen molar-refractivity contribution in [2.75, 3.05) is 0 Å². The molecule has 0 aliphatic carbocycles. The van der Waals surface area contributed by atoms with Gasteiger partial charge in [0.05, 0.1) is 5.69 Å². The fraction of sp³-hybridized carbons (Fsp3) is 0. The highest BCUT2D eigenvalue weighted by molar-refractivity contribution is 7.03. The van der Waals surface area contributed by atoms with Crippen molar-refractivity contribution in [1.82, 2.24) is 9.59 Å². The lowest BCUT2D eigenvalue weighted by molar-refractivity contribution is 1.14. The van der Waals surface area contributed by atoms with Crippen LogP contribution < -0.4 is 0 Å². The summed E-state index contributed by atoms with van der Waals surface area (Å²) in [5, 5.41) is 5.40. The van der Waals surface area contributed by atoms with E-state index < -0.39 is 0 Å². The first kappa shape index (κ1) is 4.46. The van der Waals surface area contributed by atoms with Crippen LogP contribution in [0.15, 0.2) is 5.38 Å². The molecule has 3 heteroatoms. The number of hydrogen-bond acceptors (Lipinski definition) is 3. The molecule has 1 rings (SSSR count). The van der Waals surface area contributed by atoms with E-state index in [2.05, 4.69) is 9.59 Å². The second-order valence-electron chi connectivity index (χ2n) is 0.996. The number of aromatic nitrogens is 2. The Bertz CT molecular complexity index is 145. The molecule has 0 fully saturated rings. The van der Waals surface area contributed by atoms with E-state index >= 15 is 0 Å². The van der Waals surface area contributed by atoms with Gasteiger partial charge in [0.1, 0.15) is 0 Å². The molecule has 0 aromatic carbocycles. The van der Waals surface area contributed by atoms with Gasteiger partial charge in [0.15, 0.2) is 0 Å². The smallest absolute Gasteiger partial charge is 0.0981 e. The summed E-state index contributed by atoms with van der Waals surface area (Å²) in [4.78, 5) is 0. The Labute approximate surface area is 45.7 Å². The molecule has 0 N–H and O–H groups in total. The molecule has 35 valence electrons. The molecule has 2 nitrogen and oxygen atoms in total. The fourth-order valence-electron chi connectivity index (χ4n) is 0.244. The van der Waals surface area contributed by atoms with E-state index in [1.807, 2.05) is 0 Å². The summed E-state index contributed by atoms with van der Waals surface area (Å²) in [5.74, 6) is 0. The largest absolute Gasteiger partial charge is 0.139 e. The molecule has 1 heterocycles. The van der Waals surface area contributed by atoms with Gasteiger partial charge in [-0.15, -0.1) is 5.10 Å². The lowest BCUT2D eigenvalue weighted by atomic mass is 10.5. The maximum absolute atomic E-state index is 5.07. The predicted octanol–water partition coefficient (Wildman–Crippen LogP) is 0.984. The first-order valence-corrected chi connectivity index (χ1v) is 2.59. The minimum Gasteiger partial charge on any atom is -0.139 e. The van der Waals surface area contributed by atoms with Gasteiger partial charge >= 0.3 is 0 Å². The average Bonchev–Trinajstić information content (AvgIpc) is 2.14. The van der Waals surface area contributed by atoms with E-state index in [-0.39, 0.29) is 0 Å². The van der Waals surface area contributed by atoms with Crippen molar-refractivity contribution in [3.05, 3.63) is 17.7 Å². The number of nitrogens with zero attached hydrogens (tertiary/aromatic N) is 2. The average molecular weight is 111 g/mol. The fourth-order valence-corrected chi connectivity index (χ4v) is 0.667. The Hall–Kier alpha value is -0.700. The monoisotopic (exact) mass is 111 g/mol. The van der Waals surface area contributed by atoms with Crippen LogP contribution in [0.1, 0.15) is 5.69 Å². The molecule has 0 bridgehead atoms. The van der Waals surface area contributed by atoms with Crippen molar-refractivity contribution >= 4 is 17.6 Å². The lowest BCUT2D eigenvalue weighted by Crippen LogP contribution is -1.66. The van der Waals surface area contributed by atoms with Crippen LogP contribution in [0.4, 0.5) is 0 Å². The second kappa shape index (κ2) is 1.84. The van der Waals surface area contributed by atoms with Gasteiger partial charge in [-0.3, -0.25) is 0 Å². The van der Waals surface area contributed by atoms with E-state index in [1.165, 1.54) is 17.6 Å². The first-order chi connectivity index (χ1) is 3.43. The molecule has 0 aliphatic heterocycles. The number of hydrogen-bond donors (Lipinski definition) is 0. The third-order valence-corrected chi connectivity index (χ3v) is 1.07. The van der Waals surface area contributed by atoms with E-state index in [4.69, 9.17) is 6.58 Å². The van der Waals surface area contributed by atoms with Gasteiger partial charge in [0.2, 0.25) is 0 Å². The van der Waals surface area contributed by atoms with Crippen molar-refractivity contribution in [1.29, 1.82) is 0 Å². The maximum atomic E-state index is 5.07. The van der Waals surface area contributed by atoms with Gasteiger partial charge < -0.3 is 0 Å². The van der Waals surface area contributed by atoms with E-state index in [0.717, 1.165) is 5.69 Å². The number of rotatable bonds is 1. The molecule has 0 atom stereocenters. The summed E-state index contributed by atoms with van der Waals surface area (Å²) in [6.07, 6.45) is 1.42. The third-order valence-electron chi connectivity index (χ3n) is 0.548. The quantitative estimate of drug-likeness (QED) is 0.540. The molecule has 0 saturated heterocycles. The molecule has 7 heavy (non-hydrogen) atoms. The summed E-state index contributed by atoms with van der Waals surface area (Å²) in [6.45, 7) is 5.07. The lowest BCUT2D eigenvalue weighted by Gasteiger charge is -1.66. The summed E-state index contributed by atoms with van der Waals surface area (Å²) in [5.41, 5.74) is 0.741. The topological polar surface area (TPSA) is 25.8 Å². The third kappa shape index (κ3) is 0.838. The molecule has 0 spiro atoms. The van der Waals surface area contributed by atoms with Gasteiger partial charge in [-0.05, 0) is 17.6 Å². The van der Waals surface area contributed by atoms with Crippen LogP contribution in [0.3, 0.4) is 0 Å². The van der Waals surface area contributed by atoms with Gasteiger partial charge in [0.25, 0.3) is 0 Å². The van der Waals surface area contributed by atoms with Crippen LogP contribution in [-0.2, 0) is 0 Å². The zero-order valence-corrected chi connectivity index (χ0v) is 4.35. The van der Waals surface area contributed by atoms with Gasteiger partial charge in [-0.1, -0.05) is 11.1 Å². The molecule has 1 radical (unpaired) electrons. The molecule has 1 aromatic rings. The van der Waals surface area contributed by atoms with Gasteiger partial charge in [0, 0.05) is 5.38 Å². The Morgan fingerprint density at radius 1 is 1.86 bits per heavy atom. The first-order valence-electron chi connectivity index (χ1n) is 1.75. The highest BCUT2D eigenvalue weighted by Gasteiger charge is 1.82. The zero-order chi connectivity index (χ0) is 5.11. The Balaban J connectivity index is 2.96. The summed E-state index contributed by atoms with van der Waals surface area (Å²) in [7, 11) is 0. The normalized spacial score (nSPS) is 8.57. The Morgan fingerprint density at radius 2 is 2.71 bits per heavy atom. The maximum Gasteiger partial charge on any atom is 0.0981 e. The minimum atomic E-state index is 0.741. The van der Waals surface area contributed by atoms with Crippen molar-refractivity contribution < 1.29 is 0 Å². The molecule has 0 unspecified atom stereocenters. The van der Waals surface area contributed by atoms with Gasteiger partial charge in [-0.2, -0.15) is 0 Å². The molecule has 1 aromatic heterocycles. The van der Waals surface area contributed by atoms with Crippen LogP contribution in [0.25, 0.3) is 6.08 Å². The summed E-state index contributed by atoms with van der Waals surface area (Å²) < 4.78 is 3.57. The predicted molar refractivity (Wildman–Crippen MR) is 28.7 cm³/mol. The van der Waals surface area contributed by atoms with Gasteiger partial charge in [-0.25, -0.2) is 0 Å².